The number of benzene rings is 2. The molecule has 20 heavy (non-hydrogen) atoms. The predicted molar refractivity (Wildman–Crippen MR) is 75.3 cm³/mol. The third-order valence-electron chi connectivity index (χ3n) is 3.00. The molecule has 0 radical (unpaired) electrons. The maximum atomic E-state index is 13.6. The Morgan fingerprint density at radius 3 is 2.70 bits per heavy atom. The summed E-state index contributed by atoms with van der Waals surface area (Å²) in [5.74, 6) is -0.628. The molecule has 4 nitrogen and oxygen atoms in total. The SMILES string of the molecule is Cc1cccc(N=Nc2c(O)[nH]c3c(F)cccc23)c1. The van der Waals surface area contributed by atoms with Crippen LogP contribution >= 0.6 is 0 Å². The highest BCUT2D eigenvalue weighted by atomic mass is 19.1. The number of rotatable bonds is 2. The number of H-pyrrole nitrogens is 1. The fraction of sp³-hybridized carbons (Fsp3) is 0.0667. The van der Waals surface area contributed by atoms with Crippen LogP contribution in [0.5, 0.6) is 5.88 Å². The van der Waals surface area contributed by atoms with Crippen LogP contribution in [-0.4, -0.2) is 10.1 Å². The van der Waals surface area contributed by atoms with Gasteiger partial charge in [0, 0.05) is 5.39 Å². The van der Waals surface area contributed by atoms with E-state index in [1.165, 1.54) is 6.07 Å². The monoisotopic (exact) mass is 269 g/mol. The fourth-order valence-electron chi connectivity index (χ4n) is 2.05. The number of halogens is 1. The van der Waals surface area contributed by atoms with Crippen LogP contribution in [0.15, 0.2) is 52.7 Å². The number of aromatic amines is 1. The van der Waals surface area contributed by atoms with Crippen LogP contribution < -0.4 is 0 Å². The standard InChI is InChI=1S/C15H12FN3O/c1-9-4-2-5-10(8-9)18-19-14-11-6-3-7-12(16)13(11)17-15(14)20/h2-8,17,20H,1H3. The van der Waals surface area contributed by atoms with Gasteiger partial charge in [-0.1, -0.05) is 24.3 Å². The minimum Gasteiger partial charge on any atom is -0.493 e. The molecule has 0 aliphatic rings. The Balaban J connectivity index is 2.07. The third-order valence-corrected chi connectivity index (χ3v) is 3.00. The number of azo groups is 1. The van der Waals surface area contributed by atoms with Crippen molar-refractivity contribution in [3.05, 3.63) is 53.8 Å². The van der Waals surface area contributed by atoms with E-state index in [2.05, 4.69) is 15.2 Å². The Bertz CT molecular complexity index is 808. The van der Waals surface area contributed by atoms with Gasteiger partial charge in [0.25, 0.3) is 0 Å². The van der Waals surface area contributed by atoms with Crippen molar-refractivity contribution >= 4 is 22.3 Å². The topological polar surface area (TPSA) is 60.7 Å². The molecule has 1 aromatic heterocycles. The predicted octanol–water partition coefficient (Wildman–Crippen LogP) is 4.74. The molecule has 100 valence electrons. The van der Waals surface area contributed by atoms with E-state index in [1.54, 1.807) is 12.1 Å². The minimum absolute atomic E-state index is 0.193. The molecule has 0 unspecified atom stereocenters. The first-order valence-electron chi connectivity index (χ1n) is 6.13. The molecule has 1 heterocycles. The molecule has 0 saturated heterocycles. The summed E-state index contributed by atoms with van der Waals surface area (Å²) in [6.45, 7) is 1.96. The number of nitrogens with zero attached hydrogens (tertiary/aromatic N) is 2. The van der Waals surface area contributed by atoms with Crippen LogP contribution in [0.4, 0.5) is 15.8 Å². The second-order valence-electron chi connectivity index (χ2n) is 4.52. The quantitative estimate of drug-likeness (QED) is 0.649. The zero-order chi connectivity index (χ0) is 14.1. The zero-order valence-electron chi connectivity index (χ0n) is 10.8. The van der Waals surface area contributed by atoms with Gasteiger partial charge in [0.05, 0.1) is 11.2 Å². The third kappa shape index (κ3) is 2.14. The first kappa shape index (κ1) is 12.3. The molecule has 0 spiro atoms. The Morgan fingerprint density at radius 2 is 1.90 bits per heavy atom. The van der Waals surface area contributed by atoms with Crippen molar-refractivity contribution in [2.75, 3.05) is 0 Å². The molecular weight excluding hydrogens is 257 g/mol. The van der Waals surface area contributed by atoms with Crippen LogP contribution in [0.2, 0.25) is 0 Å². The van der Waals surface area contributed by atoms with Crippen molar-refractivity contribution in [1.29, 1.82) is 0 Å². The Kier molecular flexibility index (Phi) is 2.95. The van der Waals surface area contributed by atoms with E-state index < -0.39 is 5.82 Å². The maximum Gasteiger partial charge on any atom is 0.218 e. The van der Waals surface area contributed by atoms with E-state index in [1.807, 2.05) is 31.2 Å². The second-order valence-corrected chi connectivity index (χ2v) is 4.52. The van der Waals surface area contributed by atoms with Gasteiger partial charge in [0.2, 0.25) is 5.88 Å². The molecule has 0 aliphatic heterocycles. The van der Waals surface area contributed by atoms with Gasteiger partial charge in [-0.25, -0.2) is 4.39 Å². The highest BCUT2D eigenvalue weighted by Crippen LogP contribution is 2.37. The highest BCUT2D eigenvalue weighted by molar-refractivity contribution is 5.94. The average molecular weight is 269 g/mol. The highest BCUT2D eigenvalue weighted by Gasteiger charge is 2.12. The van der Waals surface area contributed by atoms with Crippen molar-refractivity contribution < 1.29 is 9.50 Å². The maximum absolute atomic E-state index is 13.6. The number of aryl methyl sites for hydroxylation is 1. The molecule has 3 rings (SSSR count). The van der Waals surface area contributed by atoms with Crippen molar-refractivity contribution in [2.24, 2.45) is 10.2 Å². The lowest BCUT2D eigenvalue weighted by Crippen LogP contribution is -1.74. The van der Waals surface area contributed by atoms with Gasteiger partial charge < -0.3 is 10.1 Å². The minimum atomic E-state index is -0.435. The summed E-state index contributed by atoms with van der Waals surface area (Å²) in [6.07, 6.45) is 0. The molecular formula is C15H12FN3O. The Morgan fingerprint density at radius 1 is 1.10 bits per heavy atom. The molecule has 0 atom stereocenters. The molecule has 2 aromatic carbocycles. The lowest BCUT2D eigenvalue weighted by atomic mass is 10.2. The zero-order valence-corrected chi connectivity index (χ0v) is 10.8. The van der Waals surface area contributed by atoms with Crippen molar-refractivity contribution in [3.8, 4) is 5.88 Å². The molecule has 5 heteroatoms. The first-order valence-corrected chi connectivity index (χ1v) is 6.13. The summed E-state index contributed by atoms with van der Waals surface area (Å²) in [5.41, 5.74) is 2.20. The van der Waals surface area contributed by atoms with E-state index in [4.69, 9.17) is 0 Å². The molecule has 3 aromatic rings. The Hall–Kier alpha value is -2.69. The number of nitrogens with one attached hydrogen (secondary N) is 1. The van der Waals surface area contributed by atoms with E-state index in [0.717, 1.165) is 5.56 Å². The van der Waals surface area contributed by atoms with Gasteiger partial charge >= 0.3 is 0 Å². The lowest BCUT2D eigenvalue weighted by Gasteiger charge is -1.95. The number of hydrogen-bond donors (Lipinski definition) is 2. The molecule has 0 fully saturated rings. The van der Waals surface area contributed by atoms with Crippen molar-refractivity contribution in [3.63, 3.8) is 0 Å². The van der Waals surface area contributed by atoms with Crippen molar-refractivity contribution in [2.45, 2.75) is 6.92 Å². The number of aromatic nitrogens is 1. The van der Waals surface area contributed by atoms with Crippen LogP contribution in [-0.2, 0) is 0 Å². The van der Waals surface area contributed by atoms with Gasteiger partial charge in [-0.3, -0.25) is 0 Å². The van der Waals surface area contributed by atoms with Crippen molar-refractivity contribution in [1.82, 2.24) is 4.98 Å². The summed E-state index contributed by atoms with van der Waals surface area (Å²) in [4.78, 5) is 2.57. The van der Waals surface area contributed by atoms with E-state index >= 15 is 0 Å². The number of fused-ring (bicyclic) bond motifs is 1. The summed E-state index contributed by atoms with van der Waals surface area (Å²) in [7, 11) is 0. The Labute approximate surface area is 114 Å². The van der Waals surface area contributed by atoms with E-state index in [0.29, 0.717) is 11.1 Å². The molecule has 0 saturated carbocycles. The normalized spacial score (nSPS) is 11.5. The smallest absolute Gasteiger partial charge is 0.218 e. The number of aromatic hydroxyl groups is 1. The van der Waals surface area contributed by atoms with Gasteiger partial charge in [-0.05, 0) is 30.7 Å². The average Bonchev–Trinajstić information content (AvgIpc) is 2.74. The lowest BCUT2D eigenvalue weighted by molar-refractivity contribution is 0.459. The van der Waals surface area contributed by atoms with Crippen LogP contribution in [0.3, 0.4) is 0 Å². The van der Waals surface area contributed by atoms with E-state index in [9.17, 15) is 9.50 Å². The largest absolute Gasteiger partial charge is 0.493 e. The van der Waals surface area contributed by atoms with Crippen LogP contribution in [0, 0.1) is 12.7 Å². The number of hydrogen-bond acceptors (Lipinski definition) is 3. The summed E-state index contributed by atoms with van der Waals surface area (Å²) >= 11 is 0. The molecule has 0 amide bonds. The van der Waals surface area contributed by atoms with Crippen LogP contribution in [0.1, 0.15) is 5.56 Å². The van der Waals surface area contributed by atoms with E-state index in [-0.39, 0.29) is 17.1 Å². The van der Waals surface area contributed by atoms with Crippen LogP contribution in [0.25, 0.3) is 10.9 Å². The summed E-state index contributed by atoms with van der Waals surface area (Å²) in [5, 5.41) is 18.4. The number of para-hydroxylation sites is 1. The molecule has 0 bridgehead atoms. The first-order chi connectivity index (χ1) is 9.65. The second kappa shape index (κ2) is 4.77. The fourth-order valence-corrected chi connectivity index (χ4v) is 2.05. The van der Waals surface area contributed by atoms with Gasteiger partial charge in [0.15, 0.2) is 5.69 Å². The summed E-state index contributed by atoms with van der Waals surface area (Å²) < 4.78 is 13.6. The van der Waals surface area contributed by atoms with Gasteiger partial charge in [-0.15, -0.1) is 5.11 Å². The summed E-state index contributed by atoms with van der Waals surface area (Å²) in [6, 6.07) is 12.1. The molecule has 2 N–H and O–H groups in total. The van der Waals surface area contributed by atoms with Gasteiger partial charge in [-0.2, -0.15) is 5.11 Å². The van der Waals surface area contributed by atoms with Gasteiger partial charge in [0.1, 0.15) is 5.82 Å². The molecule has 0 aliphatic carbocycles.